The first-order chi connectivity index (χ1) is 10.2. The Hall–Kier alpha value is -2.24. The number of methoxy groups -OCH3 is 1. The fourth-order valence-electron chi connectivity index (χ4n) is 2.79. The molecule has 1 aromatic carbocycles. The Kier molecular flexibility index (Phi) is 3.68. The van der Waals surface area contributed by atoms with Crippen molar-refractivity contribution in [3.63, 3.8) is 0 Å². The zero-order chi connectivity index (χ0) is 14.8. The van der Waals surface area contributed by atoms with Crippen LogP contribution < -0.4 is 15.8 Å². The van der Waals surface area contributed by atoms with Crippen LogP contribution >= 0.6 is 0 Å². The normalized spacial score (nSPS) is 22.1. The standard InChI is InChI=1S/C15H19N3O3/c1-20-11-6-7-13-12(8-11)18-15(21-13)17-10-4-2-9(3-5-10)14(16)19/h6-10H,2-5H2,1H3,(H2,16,19)(H,17,18). The minimum Gasteiger partial charge on any atom is -0.497 e. The number of fused-ring (bicyclic) bond motifs is 1. The van der Waals surface area contributed by atoms with E-state index in [1.807, 2.05) is 18.2 Å². The van der Waals surface area contributed by atoms with Gasteiger partial charge in [-0.3, -0.25) is 4.79 Å². The summed E-state index contributed by atoms with van der Waals surface area (Å²) in [4.78, 5) is 15.6. The van der Waals surface area contributed by atoms with Crippen molar-refractivity contribution < 1.29 is 13.9 Å². The van der Waals surface area contributed by atoms with Gasteiger partial charge in [0, 0.05) is 18.0 Å². The molecular weight excluding hydrogens is 270 g/mol. The van der Waals surface area contributed by atoms with E-state index in [4.69, 9.17) is 14.9 Å². The molecule has 1 heterocycles. The van der Waals surface area contributed by atoms with Crippen LogP contribution in [0.2, 0.25) is 0 Å². The predicted molar refractivity (Wildman–Crippen MR) is 79.1 cm³/mol. The van der Waals surface area contributed by atoms with Crippen LogP contribution in [0.3, 0.4) is 0 Å². The van der Waals surface area contributed by atoms with Gasteiger partial charge in [0.15, 0.2) is 5.58 Å². The Labute approximate surface area is 122 Å². The van der Waals surface area contributed by atoms with E-state index < -0.39 is 0 Å². The molecule has 0 saturated heterocycles. The van der Waals surface area contributed by atoms with E-state index in [1.54, 1.807) is 7.11 Å². The van der Waals surface area contributed by atoms with E-state index in [2.05, 4.69) is 10.3 Å². The first kappa shape index (κ1) is 13.7. The van der Waals surface area contributed by atoms with Crippen LogP contribution in [-0.2, 0) is 4.79 Å². The van der Waals surface area contributed by atoms with Gasteiger partial charge in [-0.1, -0.05) is 0 Å². The van der Waals surface area contributed by atoms with Crippen LogP contribution in [0.4, 0.5) is 6.01 Å². The molecule has 0 radical (unpaired) electrons. The monoisotopic (exact) mass is 289 g/mol. The lowest BCUT2D eigenvalue weighted by Crippen LogP contribution is -2.32. The second kappa shape index (κ2) is 5.63. The number of ether oxygens (including phenoxy) is 1. The highest BCUT2D eigenvalue weighted by atomic mass is 16.5. The molecule has 21 heavy (non-hydrogen) atoms. The van der Waals surface area contributed by atoms with Crippen LogP contribution in [0, 0.1) is 5.92 Å². The van der Waals surface area contributed by atoms with Crippen LogP contribution in [0.15, 0.2) is 22.6 Å². The van der Waals surface area contributed by atoms with Crippen molar-refractivity contribution in [3.8, 4) is 5.75 Å². The number of carbonyl (C=O) groups excluding carboxylic acids is 1. The van der Waals surface area contributed by atoms with Gasteiger partial charge in [0.2, 0.25) is 5.91 Å². The minimum absolute atomic E-state index is 0.0101. The molecule has 0 aliphatic heterocycles. The summed E-state index contributed by atoms with van der Waals surface area (Å²) in [5.74, 6) is 0.572. The summed E-state index contributed by atoms with van der Waals surface area (Å²) in [6.07, 6.45) is 3.44. The van der Waals surface area contributed by atoms with Crippen LogP contribution in [-0.4, -0.2) is 24.0 Å². The molecule has 0 unspecified atom stereocenters. The molecule has 1 saturated carbocycles. The van der Waals surface area contributed by atoms with E-state index in [9.17, 15) is 4.79 Å². The van der Waals surface area contributed by atoms with Gasteiger partial charge < -0.3 is 20.2 Å². The second-order valence-electron chi connectivity index (χ2n) is 5.45. The third-order valence-corrected chi connectivity index (χ3v) is 4.05. The summed E-state index contributed by atoms with van der Waals surface area (Å²) in [5.41, 5.74) is 6.83. The highest BCUT2D eigenvalue weighted by molar-refractivity contribution is 5.77. The van der Waals surface area contributed by atoms with Gasteiger partial charge in [0.05, 0.1) is 7.11 Å². The number of oxazole rings is 1. The van der Waals surface area contributed by atoms with Gasteiger partial charge in [-0.05, 0) is 37.8 Å². The molecule has 1 fully saturated rings. The Morgan fingerprint density at radius 2 is 2.14 bits per heavy atom. The van der Waals surface area contributed by atoms with Crippen LogP contribution in [0.5, 0.6) is 5.75 Å². The number of primary amides is 1. The summed E-state index contributed by atoms with van der Waals surface area (Å²) in [7, 11) is 1.62. The van der Waals surface area contributed by atoms with Crippen molar-refractivity contribution in [2.45, 2.75) is 31.7 Å². The highest BCUT2D eigenvalue weighted by Gasteiger charge is 2.25. The molecule has 112 valence electrons. The quantitative estimate of drug-likeness (QED) is 0.901. The Balaban J connectivity index is 1.67. The zero-order valence-electron chi connectivity index (χ0n) is 12.0. The topological polar surface area (TPSA) is 90.4 Å². The summed E-state index contributed by atoms with van der Waals surface area (Å²) in [6, 6.07) is 6.32. The summed E-state index contributed by atoms with van der Waals surface area (Å²) in [5, 5.41) is 3.30. The van der Waals surface area contributed by atoms with E-state index >= 15 is 0 Å². The third-order valence-electron chi connectivity index (χ3n) is 4.05. The lowest BCUT2D eigenvalue weighted by atomic mass is 9.86. The van der Waals surface area contributed by atoms with Crippen molar-refractivity contribution in [1.82, 2.24) is 4.98 Å². The number of hydrogen-bond acceptors (Lipinski definition) is 5. The van der Waals surface area contributed by atoms with E-state index in [-0.39, 0.29) is 17.9 Å². The SMILES string of the molecule is COc1ccc2oc(NC3CCC(C(N)=O)CC3)nc2c1. The first-order valence-electron chi connectivity index (χ1n) is 7.16. The number of nitrogens with two attached hydrogens (primary N) is 1. The second-order valence-corrected chi connectivity index (χ2v) is 5.45. The maximum atomic E-state index is 11.2. The van der Waals surface area contributed by atoms with Gasteiger partial charge in [-0.25, -0.2) is 0 Å². The fourth-order valence-corrected chi connectivity index (χ4v) is 2.79. The van der Waals surface area contributed by atoms with Gasteiger partial charge in [-0.15, -0.1) is 0 Å². The number of rotatable bonds is 4. The summed E-state index contributed by atoms with van der Waals surface area (Å²) < 4.78 is 10.8. The smallest absolute Gasteiger partial charge is 0.295 e. The Bertz CT molecular complexity index is 645. The number of carbonyl (C=O) groups is 1. The number of benzene rings is 1. The van der Waals surface area contributed by atoms with E-state index in [0.717, 1.165) is 42.5 Å². The molecule has 1 aliphatic carbocycles. The molecule has 6 nitrogen and oxygen atoms in total. The maximum Gasteiger partial charge on any atom is 0.295 e. The molecule has 6 heteroatoms. The predicted octanol–water partition coefficient (Wildman–Crippen LogP) is 2.29. The fraction of sp³-hybridized carbons (Fsp3) is 0.467. The maximum absolute atomic E-state index is 11.2. The Morgan fingerprint density at radius 3 is 2.81 bits per heavy atom. The molecule has 0 spiro atoms. The summed E-state index contributed by atoms with van der Waals surface area (Å²) in [6.45, 7) is 0. The lowest BCUT2D eigenvalue weighted by molar-refractivity contribution is -0.122. The molecule has 1 amide bonds. The average Bonchev–Trinajstić information content (AvgIpc) is 2.88. The Morgan fingerprint density at radius 1 is 1.38 bits per heavy atom. The van der Waals surface area contributed by atoms with Crippen molar-refractivity contribution in [1.29, 1.82) is 0 Å². The van der Waals surface area contributed by atoms with Crippen molar-refractivity contribution in [2.75, 3.05) is 12.4 Å². The number of anilines is 1. The van der Waals surface area contributed by atoms with Crippen molar-refractivity contribution in [3.05, 3.63) is 18.2 Å². The number of aromatic nitrogens is 1. The van der Waals surface area contributed by atoms with Crippen molar-refractivity contribution >= 4 is 23.0 Å². The van der Waals surface area contributed by atoms with Gasteiger partial charge in [0.1, 0.15) is 11.3 Å². The lowest BCUT2D eigenvalue weighted by Gasteiger charge is -2.26. The van der Waals surface area contributed by atoms with Gasteiger partial charge in [-0.2, -0.15) is 4.98 Å². The van der Waals surface area contributed by atoms with Gasteiger partial charge >= 0.3 is 0 Å². The molecule has 0 bridgehead atoms. The molecule has 3 N–H and O–H groups in total. The highest BCUT2D eigenvalue weighted by Crippen LogP contribution is 2.28. The van der Waals surface area contributed by atoms with E-state index in [1.165, 1.54) is 0 Å². The minimum atomic E-state index is -0.192. The average molecular weight is 289 g/mol. The first-order valence-corrected chi connectivity index (χ1v) is 7.16. The largest absolute Gasteiger partial charge is 0.497 e. The molecule has 1 aliphatic rings. The van der Waals surface area contributed by atoms with Crippen LogP contribution in [0.25, 0.3) is 11.1 Å². The number of amides is 1. The molecule has 3 rings (SSSR count). The third kappa shape index (κ3) is 2.94. The molecule has 2 aromatic rings. The molecular formula is C15H19N3O3. The molecule has 1 aromatic heterocycles. The number of hydrogen-bond donors (Lipinski definition) is 2. The van der Waals surface area contributed by atoms with Crippen molar-refractivity contribution in [2.24, 2.45) is 11.7 Å². The number of nitrogens with zero attached hydrogens (tertiary/aromatic N) is 1. The molecule has 0 atom stereocenters. The summed E-state index contributed by atoms with van der Waals surface area (Å²) >= 11 is 0. The van der Waals surface area contributed by atoms with E-state index in [0.29, 0.717) is 6.01 Å². The number of nitrogens with one attached hydrogen (secondary N) is 1. The van der Waals surface area contributed by atoms with Crippen LogP contribution in [0.1, 0.15) is 25.7 Å². The van der Waals surface area contributed by atoms with Gasteiger partial charge in [0.25, 0.3) is 6.01 Å². The zero-order valence-corrected chi connectivity index (χ0v) is 12.0.